The smallest absolute Gasteiger partial charge is 0.312 e. The second-order valence-corrected chi connectivity index (χ2v) is 4.05. The molecule has 1 atom stereocenters. The van der Waals surface area contributed by atoms with Crippen molar-refractivity contribution in [3.63, 3.8) is 0 Å². The second kappa shape index (κ2) is 6.00. The fourth-order valence-corrected chi connectivity index (χ4v) is 1.55. The van der Waals surface area contributed by atoms with Crippen molar-refractivity contribution in [2.24, 2.45) is 5.73 Å². The van der Waals surface area contributed by atoms with Gasteiger partial charge in [0.25, 0.3) is 0 Å². The van der Waals surface area contributed by atoms with Crippen molar-refractivity contribution in [2.45, 2.75) is 19.5 Å². The van der Waals surface area contributed by atoms with Crippen molar-refractivity contribution in [1.29, 1.82) is 0 Å². The number of urea groups is 1. The molecule has 6 heteroatoms. The summed E-state index contributed by atoms with van der Waals surface area (Å²) in [6.07, 6.45) is 0. The maximum atomic E-state index is 12.7. The van der Waals surface area contributed by atoms with E-state index in [9.17, 15) is 14.0 Å². The number of amides is 3. The van der Waals surface area contributed by atoms with E-state index >= 15 is 0 Å². The lowest BCUT2D eigenvalue weighted by molar-refractivity contribution is -0.132. The van der Waals surface area contributed by atoms with Gasteiger partial charge in [-0.1, -0.05) is 12.1 Å². The van der Waals surface area contributed by atoms with E-state index < -0.39 is 12.1 Å². The van der Waals surface area contributed by atoms with Gasteiger partial charge in [-0.3, -0.25) is 4.79 Å². The number of halogens is 1. The average Bonchev–Trinajstić information content (AvgIpc) is 2.30. The van der Waals surface area contributed by atoms with Crippen molar-refractivity contribution >= 4 is 11.9 Å². The van der Waals surface area contributed by atoms with Gasteiger partial charge >= 0.3 is 6.03 Å². The van der Waals surface area contributed by atoms with Gasteiger partial charge in [0.05, 0.1) is 0 Å². The van der Waals surface area contributed by atoms with Gasteiger partial charge in [-0.15, -0.1) is 0 Å². The molecule has 0 bridgehead atoms. The van der Waals surface area contributed by atoms with Crippen LogP contribution in [0.1, 0.15) is 12.5 Å². The molecule has 0 heterocycles. The Labute approximate surface area is 105 Å². The van der Waals surface area contributed by atoms with Crippen molar-refractivity contribution in [3.05, 3.63) is 35.6 Å². The van der Waals surface area contributed by atoms with E-state index in [0.29, 0.717) is 6.54 Å². The summed E-state index contributed by atoms with van der Waals surface area (Å²) in [5.74, 6) is -0.588. The van der Waals surface area contributed by atoms with Gasteiger partial charge in [-0.05, 0) is 24.6 Å². The summed E-state index contributed by atoms with van der Waals surface area (Å²) in [6, 6.07) is 4.44. The summed E-state index contributed by atoms with van der Waals surface area (Å²) in [5, 5.41) is 2.31. The number of likely N-dealkylation sites (N-methyl/N-ethyl adjacent to an activating group) is 1. The van der Waals surface area contributed by atoms with Gasteiger partial charge in [0, 0.05) is 13.6 Å². The molecule has 0 spiro atoms. The first-order valence-corrected chi connectivity index (χ1v) is 5.45. The molecule has 0 aliphatic heterocycles. The van der Waals surface area contributed by atoms with Gasteiger partial charge < -0.3 is 16.0 Å². The monoisotopic (exact) mass is 253 g/mol. The zero-order valence-corrected chi connectivity index (χ0v) is 10.3. The topological polar surface area (TPSA) is 75.4 Å². The molecule has 3 N–H and O–H groups in total. The first-order valence-electron chi connectivity index (χ1n) is 5.45. The van der Waals surface area contributed by atoms with E-state index in [-0.39, 0.29) is 11.7 Å². The lowest BCUT2D eigenvalue weighted by atomic mass is 10.2. The molecule has 0 aromatic heterocycles. The summed E-state index contributed by atoms with van der Waals surface area (Å²) < 4.78 is 12.7. The fourth-order valence-electron chi connectivity index (χ4n) is 1.55. The van der Waals surface area contributed by atoms with Crippen LogP contribution in [0.15, 0.2) is 24.3 Å². The molecule has 1 aromatic carbocycles. The highest BCUT2D eigenvalue weighted by Gasteiger charge is 2.18. The van der Waals surface area contributed by atoms with E-state index in [4.69, 9.17) is 5.73 Å². The number of nitrogens with two attached hydrogens (primary N) is 1. The Hall–Kier alpha value is -2.11. The van der Waals surface area contributed by atoms with E-state index in [1.54, 1.807) is 26.1 Å². The molecule has 0 saturated heterocycles. The highest BCUT2D eigenvalue weighted by molar-refractivity contribution is 5.86. The van der Waals surface area contributed by atoms with Crippen LogP contribution < -0.4 is 11.1 Å². The number of nitrogens with one attached hydrogen (secondary N) is 1. The third-order valence-electron chi connectivity index (χ3n) is 2.44. The molecule has 0 aliphatic carbocycles. The van der Waals surface area contributed by atoms with Crippen LogP contribution in [0.2, 0.25) is 0 Å². The predicted molar refractivity (Wildman–Crippen MR) is 65.1 cm³/mol. The summed E-state index contributed by atoms with van der Waals surface area (Å²) in [5.41, 5.74) is 5.74. The lowest BCUT2D eigenvalue weighted by Gasteiger charge is -2.21. The minimum atomic E-state index is -0.744. The zero-order chi connectivity index (χ0) is 13.7. The molecule has 0 radical (unpaired) electrons. The Balaban J connectivity index is 2.59. The van der Waals surface area contributed by atoms with Crippen LogP contribution in [0.25, 0.3) is 0 Å². The summed E-state index contributed by atoms with van der Waals surface area (Å²) in [6.45, 7) is 1.89. The number of carbonyl (C=O) groups is 2. The Morgan fingerprint density at radius 1 is 1.39 bits per heavy atom. The summed E-state index contributed by atoms with van der Waals surface area (Å²) >= 11 is 0. The van der Waals surface area contributed by atoms with Gasteiger partial charge in [0.1, 0.15) is 11.9 Å². The number of nitrogens with zero attached hydrogens (tertiary/aromatic N) is 1. The molecule has 0 fully saturated rings. The van der Waals surface area contributed by atoms with Gasteiger partial charge in [0.2, 0.25) is 5.91 Å². The van der Waals surface area contributed by atoms with Crippen LogP contribution >= 0.6 is 0 Å². The normalized spacial score (nSPS) is 11.7. The summed E-state index contributed by atoms with van der Waals surface area (Å²) in [7, 11) is 1.60. The molecular weight excluding hydrogens is 237 g/mol. The number of benzene rings is 1. The Bertz CT molecular complexity index is 433. The standard InChI is InChI=1S/C12H16FN3O2/c1-8(15-12(14)18)11(17)16(2)7-9-3-5-10(13)6-4-9/h3-6,8H,7H2,1-2H3,(H3,14,15,18). The Morgan fingerprint density at radius 3 is 2.44 bits per heavy atom. The van der Waals surface area contributed by atoms with E-state index in [1.807, 2.05) is 0 Å². The van der Waals surface area contributed by atoms with Crippen molar-refractivity contribution in [3.8, 4) is 0 Å². The lowest BCUT2D eigenvalue weighted by Crippen LogP contribution is -2.47. The molecule has 3 amide bonds. The van der Waals surface area contributed by atoms with E-state index in [1.165, 1.54) is 17.0 Å². The molecule has 1 unspecified atom stereocenters. The van der Waals surface area contributed by atoms with Gasteiger partial charge in [0.15, 0.2) is 0 Å². The maximum Gasteiger partial charge on any atom is 0.312 e. The third-order valence-corrected chi connectivity index (χ3v) is 2.44. The highest BCUT2D eigenvalue weighted by atomic mass is 19.1. The predicted octanol–water partition coefficient (Wildman–Crippen LogP) is 0.841. The Kier molecular flexibility index (Phi) is 4.65. The van der Waals surface area contributed by atoms with Crippen molar-refractivity contribution in [1.82, 2.24) is 10.2 Å². The van der Waals surface area contributed by atoms with Crippen LogP contribution in [-0.4, -0.2) is 29.9 Å². The molecule has 5 nitrogen and oxygen atoms in total. The molecule has 18 heavy (non-hydrogen) atoms. The van der Waals surface area contributed by atoms with Gasteiger partial charge in [-0.2, -0.15) is 0 Å². The molecule has 1 rings (SSSR count). The Morgan fingerprint density at radius 2 is 1.94 bits per heavy atom. The second-order valence-electron chi connectivity index (χ2n) is 4.05. The minimum Gasteiger partial charge on any atom is -0.352 e. The molecular formula is C12H16FN3O2. The average molecular weight is 253 g/mol. The van der Waals surface area contributed by atoms with Crippen LogP contribution in [0.3, 0.4) is 0 Å². The molecule has 1 aromatic rings. The number of carbonyl (C=O) groups excluding carboxylic acids is 2. The van der Waals surface area contributed by atoms with Crippen LogP contribution in [-0.2, 0) is 11.3 Å². The largest absolute Gasteiger partial charge is 0.352 e. The van der Waals surface area contributed by atoms with Crippen molar-refractivity contribution < 1.29 is 14.0 Å². The maximum absolute atomic E-state index is 12.7. The summed E-state index contributed by atoms with van der Waals surface area (Å²) in [4.78, 5) is 23.9. The van der Waals surface area contributed by atoms with Gasteiger partial charge in [-0.25, -0.2) is 9.18 Å². The molecule has 0 saturated carbocycles. The van der Waals surface area contributed by atoms with Crippen LogP contribution in [0.5, 0.6) is 0 Å². The molecule has 98 valence electrons. The third kappa shape index (κ3) is 4.04. The SMILES string of the molecule is CC(NC(N)=O)C(=O)N(C)Cc1ccc(F)cc1. The van der Waals surface area contributed by atoms with E-state index in [0.717, 1.165) is 5.56 Å². The van der Waals surface area contributed by atoms with Crippen molar-refractivity contribution in [2.75, 3.05) is 7.05 Å². The van der Waals surface area contributed by atoms with E-state index in [2.05, 4.69) is 5.32 Å². The molecule has 0 aliphatic rings. The quantitative estimate of drug-likeness (QED) is 0.834. The number of hydrogen-bond acceptors (Lipinski definition) is 2. The number of rotatable bonds is 4. The minimum absolute atomic E-state index is 0.266. The number of hydrogen-bond donors (Lipinski definition) is 2. The first-order chi connectivity index (χ1) is 8.40. The van der Waals surface area contributed by atoms with Crippen LogP contribution in [0.4, 0.5) is 9.18 Å². The number of primary amides is 1. The zero-order valence-electron chi connectivity index (χ0n) is 10.3. The highest BCUT2D eigenvalue weighted by Crippen LogP contribution is 2.06. The van der Waals surface area contributed by atoms with Crippen LogP contribution in [0, 0.1) is 5.82 Å². The fraction of sp³-hybridized carbons (Fsp3) is 0.333. The first kappa shape index (κ1) is 14.0.